The average molecular weight is 312 g/mol. The minimum atomic E-state index is -0.910. The van der Waals surface area contributed by atoms with Gasteiger partial charge in [-0.25, -0.2) is 0 Å². The Morgan fingerprint density at radius 2 is 2.24 bits per heavy atom. The first kappa shape index (κ1) is 15.6. The van der Waals surface area contributed by atoms with Crippen molar-refractivity contribution >= 4 is 23.5 Å². The lowest BCUT2D eigenvalue weighted by atomic mass is 9.95. The van der Waals surface area contributed by atoms with Gasteiger partial charge in [0.1, 0.15) is 12.4 Å². The predicted octanol–water partition coefficient (Wildman–Crippen LogP) is 2.07. The molecule has 0 radical (unpaired) electrons. The molecular formula is C15H18ClNO4. The van der Waals surface area contributed by atoms with Crippen LogP contribution in [0.5, 0.6) is 5.75 Å². The first-order valence-corrected chi connectivity index (χ1v) is 7.15. The van der Waals surface area contributed by atoms with E-state index >= 15 is 0 Å². The average Bonchev–Trinajstić information content (AvgIpc) is 2.45. The number of carbonyl (C=O) groups is 2. The molecule has 1 aromatic carbocycles. The molecule has 6 heteroatoms. The molecule has 0 saturated carbocycles. The van der Waals surface area contributed by atoms with Crippen LogP contribution in [0.2, 0.25) is 5.02 Å². The molecule has 1 aromatic rings. The Kier molecular flexibility index (Phi) is 4.73. The number of amides is 1. The molecule has 1 amide bonds. The zero-order chi connectivity index (χ0) is 15.6. The second kappa shape index (κ2) is 6.35. The van der Waals surface area contributed by atoms with E-state index in [2.05, 4.69) is 0 Å². The van der Waals surface area contributed by atoms with Crippen LogP contribution in [0.4, 0.5) is 0 Å². The number of fused-ring (bicyclic) bond motifs is 1. The number of ether oxygens (including phenoxy) is 1. The van der Waals surface area contributed by atoms with Gasteiger partial charge in [0.15, 0.2) is 0 Å². The molecule has 0 fully saturated rings. The molecule has 1 heterocycles. The molecule has 0 spiro atoms. The Bertz CT molecular complexity index is 561. The number of carboxylic acids is 1. The number of benzene rings is 1. The van der Waals surface area contributed by atoms with Gasteiger partial charge in [0.05, 0.1) is 11.8 Å². The summed E-state index contributed by atoms with van der Waals surface area (Å²) >= 11 is 5.95. The summed E-state index contributed by atoms with van der Waals surface area (Å²) in [5.74, 6) is -1.16. The van der Waals surface area contributed by atoms with E-state index in [-0.39, 0.29) is 18.4 Å². The predicted molar refractivity (Wildman–Crippen MR) is 78.6 cm³/mol. The van der Waals surface area contributed by atoms with E-state index in [1.165, 1.54) is 4.90 Å². The number of carbonyl (C=O) groups excluding carboxylic acids is 1. The normalized spacial score (nSPS) is 18.3. The summed E-state index contributed by atoms with van der Waals surface area (Å²) in [6, 6.07) is 5.36. The molecule has 114 valence electrons. The number of rotatable bonds is 4. The van der Waals surface area contributed by atoms with Gasteiger partial charge in [-0.1, -0.05) is 18.5 Å². The summed E-state index contributed by atoms with van der Waals surface area (Å²) in [6.45, 7) is 2.07. The highest BCUT2D eigenvalue weighted by Crippen LogP contribution is 2.30. The van der Waals surface area contributed by atoms with Gasteiger partial charge in [-0.2, -0.15) is 0 Å². The molecule has 21 heavy (non-hydrogen) atoms. The van der Waals surface area contributed by atoms with Gasteiger partial charge < -0.3 is 14.7 Å². The zero-order valence-electron chi connectivity index (χ0n) is 12.0. The largest absolute Gasteiger partial charge is 0.492 e. The molecule has 2 atom stereocenters. The minimum Gasteiger partial charge on any atom is -0.492 e. The van der Waals surface area contributed by atoms with Gasteiger partial charge in [0.2, 0.25) is 5.91 Å². The van der Waals surface area contributed by atoms with E-state index in [1.54, 1.807) is 32.2 Å². The Hall–Kier alpha value is -1.75. The third-order valence-electron chi connectivity index (χ3n) is 3.62. The Balaban J connectivity index is 2.03. The monoisotopic (exact) mass is 311 g/mol. The second-order valence-electron chi connectivity index (χ2n) is 5.42. The molecule has 0 aromatic heterocycles. The quantitative estimate of drug-likeness (QED) is 0.924. The van der Waals surface area contributed by atoms with E-state index in [0.29, 0.717) is 18.1 Å². The van der Waals surface area contributed by atoms with Gasteiger partial charge >= 0.3 is 5.97 Å². The Labute approximate surface area is 128 Å². The molecule has 1 aliphatic rings. The summed E-state index contributed by atoms with van der Waals surface area (Å²) in [7, 11) is 1.62. The Morgan fingerprint density at radius 3 is 2.90 bits per heavy atom. The highest BCUT2D eigenvalue weighted by atomic mass is 35.5. The van der Waals surface area contributed by atoms with Crippen LogP contribution in [0.3, 0.4) is 0 Å². The maximum atomic E-state index is 12.4. The van der Waals surface area contributed by atoms with Crippen molar-refractivity contribution in [1.29, 1.82) is 0 Å². The molecule has 1 aliphatic heterocycles. The van der Waals surface area contributed by atoms with Gasteiger partial charge in [0, 0.05) is 18.6 Å². The maximum Gasteiger partial charge on any atom is 0.308 e. The SMILES string of the molecule is C[C@@H](CN(C)C(=O)[C@@H]1COc2ccc(Cl)cc2C1)C(=O)O. The van der Waals surface area contributed by atoms with E-state index in [4.69, 9.17) is 21.4 Å². The van der Waals surface area contributed by atoms with Crippen LogP contribution in [0.1, 0.15) is 12.5 Å². The van der Waals surface area contributed by atoms with Crippen LogP contribution in [0.25, 0.3) is 0 Å². The lowest BCUT2D eigenvalue weighted by molar-refractivity contribution is -0.143. The Morgan fingerprint density at radius 1 is 1.52 bits per heavy atom. The summed E-state index contributed by atoms with van der Waals surface area (Å²) in [6.07, 6.45) is 0.556. The first-order valence-electron chi connectivity index (χ1n) is 6.77. The smallest absolute Gasteiger partial charge is 0.308 e. The van der Waals surface area contributed by atoms with Gasteiger partial charge in [-0.15, -0.1) is 0 Å². The van der Waals surface area contributed by atoms with Gasteiger partial charge in [-0.3, -0.25) is 9.59 Å². The fraction of sp³-hybridized carbons (Fsp3) is 0.467. The number of nitrogens with zero attached hydrogens (tertiary/aromatic N) is 1. The van der Waals surface area contributed by atoms with Crippen LogP contribution >= 0.6 is 11.6 Å². The number of carboxylic acid groups (broad SMARTS) is 1. The zero-order valence-corrected chi connectivity index (χ0v) is 12.8. The molecule has 2 rings (SSSR count). The van der Waals surface area contributed by atoms with Crippen LogP contribution in [0, 0.1) is 11.8 Å². The van der Waals surface area contributed by atoms with Crippen LogP contribution in [0.15, 0.2) is 18.2 Å². The maximum absolute atomic E-state index is 12.4. The topological polar surface area (TPSA) is 66.8 Å². The van der Waals surface area contributed by atoms with Crippen molar-refractivity contribution in [2.45, 2.75) is 13.3 Å². The third-order valence-corrected chi connectivity index (χ3v) is 3.86. The lowest BCUT2D eigenvalue weighted by Gasteiger charge is -2.29. The van der Waals surface area contributed by atoms with Crippen molar-refractivity contribution < 1.29 is 19.4 Å². The van der Waals surface area contributed by atoms with Crippen LogP contribution in [-0.4, -0.2) is 42.1 Å². The lowest BCUT2D eigenvalue weighted by Crippen LogP contribution is -2.41. The van der Waals surface area contributed by atoms with Crippen molar-refractivity contribution in [3.63, 3.8) is 0 Å². The minimum absolute atomic E-state index is 0.103. The number of aliphatic carboxylic acids is 1. The van der Waals surface area contributed by atoms with Crippen LogP contribution in [-0.2, 0) is 16.0 Å². The van der Waals surface area contributed by atoms with E-state index in [1.807, 2.05) is 0 Å². The van der Waals surface area contributed by atoms with Crippen molar-refractivity contribution in [3.05, 3.63) is 28.8 Å². The molecule has 5 nitrogen and oxygen atoms in total. The molecule has 0 aliphatic carbocycles. The summed E-state index contributed by atoms with van der Waals surface area (Å²) in [5.41, 5.74) is 0.909. The molecule has 0 saturated heterocycles. The van der Waals surface area contributed by atoms with Crippen molar-refractivity contribution in [2.24, 2.45) is 11.8 Å². The van der Waals surface area contributed by atoms with Gasteiger partial charge in [0.25, 0.3) is 0 Å². The molecule has 0 bridgehead atoms. The summed E-state index contributed by atoms with van der Waals surface area (Å²) < 4.78 is 5.59. The highest BCUT2D eigenvalue weighted by Gasteiger charge is 2.29. The van der Waals surface area contributed by atoms with E-state index in [9.17, 15) is 9.59 Å². The van der Waals surface area contributed by atoms with Crippen molar-refractivity contribution in [3.8, 4) is 5.75 Å². The molecule has 1 N–H and O–H groups in total. The standard InChI is InChI=1S/C15H18ClNO4/c1-9(15(19)20)7-17(2)14(18)11-5-10-6-12(16)3-4-13(10)21-8-11/h3-4,6,9,11H,5,7-8H2,1-2H3,(H,19,20)/t9-,11-/m0/s1. The number of halogens is 1. The number of hydrogen-bond donors (Lipinski definition) is 1. The fourth-order valence-corrected chi connectivity index (χ4v) is 2.61. The van der Waals surface area contributed by atoms with Crippen molar-refractivity contribution in [2.75, 3.05) is 20.2 Å². The number of hydrogen-bond acceptors (Lipinski definition) is 3. The van der Waals surface area contributed by atoms with Crippen LogP contribution < -0.4 is 4.74 Å². The fourth-order valence-electron chi connectivity index (χ4n) is 2.41. The van der Waals surface area contributed by atoms with E-state index < -0.39 is 11.9 Å². The van der Waals surface area contributed by atoms with E-state index in [0.717, 1.165) is 11.3 Å². The van der Waals surface area contributed by atoms with Crippen molar-refractivity contribution in [1.82, 2.24) is 4.90 Å². The van der Waals surface area contributed by atoms with Gasteiger partial charge in [-0.05, 0) is 30.2 Å². The first-order chi connectivity index (χ1) is 9.88. The second-order valence-corrected chi connectivity index (χ2v) is 5.86. The summed E-state index contributed by atoms with van der Waals surface area (Å²) in [5, 5.41) is 9.52. The molecule has 0 unspecified atom stereocenters. The molecular weight excluding hydrogens is 294 g/mol. The third kappa shape index (κ3) is 3.67. The summed E-state index contributed by atoms with van der Waals surface area (Å²) in [4.78, 5) is 24.7. The highest BCUT2D eigenvalue weighted by molar-refractivity contribution is 6.30.